The number of carbonyl (C=O) groups is 3. The minimum absolute atomic E-state index is 0.164. The van der Waals surface area contributed by atoms with Crippen molar-refractivity contribution < 1.29 is 19.5 Å². The van der Waals surface area contributed by atoms with Gasteiger partial charge in [-0.25, -0.2) is 4.79 Å². The molecule has 0 bridgehead atoms. The fourth-order valence-electron chi connectivity index (χ4n) is 2.23. The zero-order chi connectivity index (χ0) is 14.8. The van der Waals surface area contributed by atoms with Crippen LogP contribution in [-0.4, -0.2) is 42.1 Å². The van der Waals surface area contributed by atoms with Crippen LogP contribution < -0.4 is 16.0 Å². The molecule has 1 aliphatic rings. The van der Waals surface area contributed by atoms with Crippen molar-refractivity contribution in [2.45, 2.75) is 51.0 Å². The van der Waals surface area contributed by atoms with Crippen LogP contribution in [0.2, 0.25) is 0 Å². The number of amides is 3. The molecule has 0 radical (unpaired) electrons. The second-order valence-electron chi connectivity index (χ2n) is 5.04. The predicted molar refractivity (Wildman–Crippen MR) is 73.3 cm³/mol. The van der Waals surface area contributed by atoms with Crippen LogP contribution >= 0.6 is 0 Å². The third-order valence-corrected chi connectivity index (χ3v) is 3.29. The summed E-state index contributed by atoms with van der Waals surface area (Å²) in [5.41, 5.74) is 0. The second kappa shape index (κ2) is 9.17. The van der Waals surface area contributed by atoms with Crippen LogP contribution in [0.1, 0.15) is 44.9 Å². The van der Waals surface area contributed by atoms with Crippen molar-refractivity contribution in [1.82, 2.24) is 16.0 Å². The van der Waals surface area contributed by atoms with Gasteiger partial charge in [-0.05, 0) is 12.8 Å². The molecule has 20 heavy (non-hydrogen) atoms. The van der Waals surface area contributed by atoms with Crippen molar-refractivity contribution in [3.05, 3.63) is 0 Å². The first-order valence-electron chi connectivity index (χ1n) is 7.11. The summed E-state index contributed by atoms with van der Waals surface area (Å²) in [7, 11) is 0. The monoisotopic (exact) mass is 285 g/mol. The van der Waals surface area contributed by atoms with Gasteiger partial charge < -0.3 is 21.1 Å². The number of carbonyl (C=O) groups excluding carboxylic acids is 2. The topological polar surface area (TPSA) is 108 Å². The molecule has 1 fully saturated rings. The van der Waals surface area contributed by atoms with Gasteiger partial charge in [0.05, 0.1) is 6.54 Å². The molecule has 0 aliphatic heterocycles. The Labute approximate surface area is 118 Å². The van der Waals surface area contributed by atoms with Crippen molar-refractivity contribution in [2.75, 3.05) is 13.1 Å². The summed E-state index contributed by atoms with van der Waals surface area (Å²) in [5, 5.41) is 15.9. The maximum Gasteiger partial charge on any atom is 0.322 e. The lowest BCUT2D eigenvalue weighted by Crippen LogP contribution is -2.46. The lowest BCUT2D eigenvalue weighted by Gasteiger charge is -2.21. The van der Waals surface area contributed by atoms with E-state index in [-0.39, 0.29) is 18.6 Å². The number of carboxylic acid groups (broad SMARTS) is 1. The van der Waals surface area contributed by atoms with Gasteiger partial charge in [0.2, 0.25) is 5.91 Å². The smallest absolute Gasteiger partial charge is 0.322 e. The first-order chi connectivity index (χ1) is 9.58. The van der Waals surface area contributed by atoms with E-state index < -0.39 is 18.4 Å². The summed E-state index contributed by atoms with van der Waals surface area (Å²) < 4.78 is 0. The molecular weight excluding hydrogens is 262 g/mol. The largest absolute Gasteiger partial charge is 0.480 e. The Balaban J connectivity index is 2.18. The van der Waals surface area contributed by atoms with Crippen molar-refractivity contribution in [3.8, 4) is 0 Å². The first kappa shape index (κ1) is 16.3. The van der Waals surface area contributed by atoms with Gasteiger partial charge in [-0.15, -0.1) is 0 Å². The minimum atomic E-state index is -1.11. The molecule has 3 amide bonds. The van der Waals surface area contributed by atoms with E-state index in [0.29, 0.717) is 0 Å². The molecule has 1 saturated carbocycles. The van der Waals surface area contributed by atoms with Gasteiger partial charge in [0.1, 0.15) is 6.54 Å². The molecule has 1 aliphatic carbocycles. The standard InChI is InChI=1S/C13H23N3O4/c17-11(14-9-12(18)19)8-15-13(20)16-10-6-4-2-1-3-5-7-10/h10H,1-9H2,(H,14,17)(H,18,19)(H2,15,16,20). The number of aliphatic carboxylic acids is 1. The Kier molecular flexibility index (Phi) is 7.46. The molecule has 0 saturated heterocycles. The van der Waals surface area contributed by atoms with E-state index in [1.807, 2.05) is 0 Å². The Morgan fingerprint density at radius 1 is 0.900 bits per heavy atom. The molecule has 7 nitrogen and oxygen atoms in total. The second-order valence-corrected chi connectivity index (χ2v) is 5.04. The molecule has 0 spiro atoms. The molecule has 0 atom stereocenters. The van der Waals surface area contributed by atoms with Gasteiger partial charge in [-0.3, -0.25) is 9.59 Å². The van der Waals surface area contributed by atoms with Gasteiger partial charge in [0.25, 0.3) is 0 Å². The van der Waals surface area contributed by atoms with E-state index in [0.717, 1.165) is 25.7 Å². The highest BCUT2D eigenvalue weighted by Crippen LogP contribution is 2.16. The lowest BCUT2D eigenvalue weighted by molar-refractivity contribution is -0.137. The minimum Gasteiger partial charge on any atom is -0.480 e. The molecule has 0 heterocycles. The molecule has 0 aromatic carbocycles. The molecular formula is C13H23N3O4. The van der Waals surface area contributed by atoms with Crippen LogP contribution in [-0.2, 0) is 9.59 Å². The Morgan fingerprint density at radius 3 is 2.10 bits per heavy atom. The molecule has 114 valence electrons. The van der Waals surface area contributed by atoms with Crippen LogP contribution in [0.5, 0.6) is 0 Å². The third kappa shape index (κ3) is 7.60. The van der Waals surface area contributed by atoms with Gasteiger partial charge in [0, 0.05) is 6.04 Å². The summed E-state index contributed by atoms with van der Waals surface area (Å²) in [6.07, 6.45) is 7.85. The van der Waals surface area contributed by atoms with E-state index in [2.05, 4.69) is 16.0 Å². The van der Waals surface area contributed by atoms with Crippen molar-refractivity contribution >= 4 is 17.9 Å². The van der Waals surface area contributed by atoms with E-state index in [9.17, 15) is 14.4 Å². The zero-order valence-corrected chi connectivity index (χ0v) is 11.6. The number of carboxylic acids is 1. The van der Waals surface area contributed by atoms with Crippen LogP contribution in [0.4, 0.5) is 4.79 Å². The number of nitrogens with one attached hydrogen (secondary N) is 3. The number of rotatable bonds is 5. The SMILES string of the molecule is O=C(O)CNC(=O)CNC(=O)NC1CCCCCCC1. The average molecular weight is 285 g/mol. The predicted octanol–water partition coefficient (Wildman–Crippen LogP) is 0.599. The molecule has 0 aromatic rings. The van der Waals surface area contributed by atoms with E-state index in [4.69, 9.17) is 5.11 Å². The number of hydrogen-bond acceptors (Lipinski definition) is 3. The van der Waals surface area contributed by atoms with Crippen molar-refractivity contribution in [3.63, 3.8) is 0 Å². The van der Waals surface area contributed by atoms with Crippen LogP contribution in [0, 0.1) is 0 Å². The maximum absolute atomic E-state index is 11.6. The van der Waals surface area contributed by atoms with Crippen LogP contribution in [0.15, 0.2) is 0 Å². The number of urea groups is 1. The number of hydrogen-bond donors (Lipinski definition) is 4. The van der Waals surface area contributed by atoms with Gasteiger partial charge in [-0.1, -0.05) is 32.1 Å². The van der Waals surface area contributed by atoms with E-state index in [1.165, 1.54) is 19.3 Å². The Morgan fingerprint density at radius 2 is 1.50 bits per heavy atom. The Hall–Kier alpha value is -1.79. The van der Waals surface area contributed by atoms with Crippen LogP contribution in [0.25, 0.3) is 0 Å². The van der Waals surface area contributed by atoms with Gasteiger partial charge >= 0.3 is 12.0 Å². The maximum atomic E-state index is 11.6. The summed E-state index contributed by atoms with van der Waals surface area (Å²) in [4.78, 5) is 33.1. The summed E-state index contributed by atoms with van der Waals surface area (Å²) in [6.45, 7) is -0.656. The highest BCUT2D eigenvalue weighted by atomic mass is 16.4. The molecule has 4 N–H and O–H groups in total. The van der Waals surface area contributed by atoms with E-state index >= 15 is 0 Å². The average Bonchev–Trinajstić information content (AvgIpc) is 2.37. The van der Waals surface area contributed by atoms with Crippen LogP contribution in [0.3, 0.4) is 0 Å². The van der Waals surface area contributed by atoms with E-state index in [1.54, 1.807) is 0 Å². The molecule has 0 unspecified atom stereocenters. The fourth-order valence-corrected chi connectivity index (χ4v) is 2.23. The first-order valence-corrected chi connectivity index (χ1v) is 7.11. The van der Waals surface area contributed by atoms with Gasteiger partial charge in [0.15, 0.2) is 0 Å². The Bertz CT molecular complexity index is 339. The highest BCUT2D eigenvalue weighted by molar-refractivity contribution is 5.86. The van der Waals surface area contributed by atoms with Gasteiger partial charge in [-0.2, -0.15) is 0 Å². The third-order valence-electron chi connectivity index (χ3n) is 3.29. The quantitative estimate of drug-likeness (QED) is 0.593. The highest BCUT2D eigenvalue weighted by Gasteiger charge is 2.14. The zero-order valence-electron chi connectivity index (χ0n) is 11.6. The summed E-state index contributed by atoms with van der Waals surface area (Å²) in [6, 6.07) is -0.210. The fraction of sp³-hybridized carbons (Fsp3) is 0.769. The molecule has 0 aromatic heterocycles. The lowest BCUT2D eigenvalue weighted by atomic mass is 9.97. The molecule has 7 heteroatoms. The molecule has 1 rings (SSSR count). The normalized spacial score (nSPS) is 16.6. The summed E-state index contributed by atoms with van der Waals surface area (Å²) in [5.74, 6) is -1.63. The van der Waals surface area contributed by atoms with Crippen molar-refractivity contribution in [2.24, 2.45) is 0 Å². The summed E-state index contributed by atoms with van der Waals surface area (Å²) >= 11 is 0. The van der Waals surface area contributed by atoms with Crippen molar-refractivity contribution in [1.29, 1.82) is 0 Å².